The van der Waals surface area contributed by atoms with E-state index in [4.69, 9.17) is 15.2 Å². The molecular weight excluding hydrogens is 441 g/mol. The topological polar surface area (TPSA) is 88.1 Å². The number of thiazole rings is 1. The largest absolute Gasteiger partial charge is 0.488 e. The van der Waals surface area contributed by atoms with E-state index in [2.05, 4.69) is 15.0 Å². The van der Waals surface area contributed by atoms with Crippen LogP contribution in [-0.4, -0.2) is 19.5 Å². The van der Waals surface area contributed by atoms with Crippen LogP contribution in [0, 0.1) is 12.7 Å². The summed E-state index contributed by atoms with van der Waals surface area (Å²) in [6.45, 7) is 2.25. The molecule has 0 radical (unpaired) electrons. The molecule has 9 heteroatoms. The van der Waals surface area contributed by atoms with Gasteiger partial charge in [-0.3, -0.25) is 0 Å². The zero-order valence-electron chi connectivity index (χ0n) is 17.9. The minimum atomic E-state index is -0.439. The lowest BCUT2D eigenvalue weighted by atomic mass is 10.1. The lowest BCUT2D eigenvalue weighted by Gasteiger charge is -2.10. The molecule has 0 aliphatic heterocycles. The average molecular weight is 462 g/mol. The minimum absolute atomic E-state index is 0.320. The first-order valence-electron chi connectivity index (χ1n) is 10.1. The molecule has 0 saturated carbocycles. The van der Waals surface area contributed by atoms with Crippen molar-refractivity contribution in [2.24, 2.45) is 7.05 Å². The van der Waals surface area contributed by atoms with Crippen LogP contribution in [0.5, 0.6) is 17.2 Å². The standard InChI is InChI=1S/C24H20FN5O2S/c1-14-27-10-20(33-14)12-31-18-7-16(25)8-19(9-18)32-17-5-3-15(4-6-17)21-11-30(2)24-22(21)23(26)28-13-29-24/h3-11,13H,12H2,1-2H3,(H2,26,28,29). The van der Waals surface area contributed by atoms with E-state index in [-0.39, 0.29) is 0 Å². The van der Waals surface area contributed by atoms with Gasteiger partial charge in [-0.1, -0.05) is 12.1 Å². The van der Waals surface area contributed by atoms with Gasteiger partial charge in [0, 0.05) is 43.2 Å². The second-order valence-electron chi connectivity index (χ2n) is 7.49. The summed E-state index contributed by atoms with van der Waals surface area (Å²) in [7, 11) is 1.91. The van der Waals surface area contributed by atoms with Crippen molar-refractivity contribution >= 4 is 28.2 Å². The SMILES string of the molecule is Cc1ncc(COc2cc(F)cc(Oc3ccc(-c4cn(C)c5ncnc(N)c45)cc3)c2)s1. The van der Waals surface area contributed by atoms with Gasteiger partial charge >= 0.3 is 0 Å². The molecule has 0 unspecified atom stereocenters. The van der Waals surface area contributed by atoms with Crippen molar-refractivity contribution in [3.8, 4) is 28.4 Å². The van der Waals surface area contributed by atoms with Crippen LogP contribution < -0.4 is 15.2 Å². The van der Waals surface area contributed by atoms with Crippen LogP contribution in [0.25, 0.3) is 22.2 Å². The van der Waals surface area contributed by atoms with Crippen molar-refractivity contribution in [1.29, 1.82) is 0 Å². The van der Waals surface area contributed by atoms with E-state index in [1.54, 1.807) is 23.6 Å². The third-order valence-corrected chi connectivity index (χ3v) is 5.97. The Labute approximate surface area is 193 Å². The number of anilines is 1. The number of aromatic nitrogens is 4. The molecule has 3 aromatic heterocycles. The lowest BCUT2D eigenvalue weighted by molar-refractivity contribution is 0.306. The molecule has 7 nitrogen and oxygen atoms in total. The predicted molar refractivity (Wildman–Crippen MR) is 126 cm³/mol. The van der Waals surface area contributed by atoms with E-state index in [0.29, 0.717) is 29.7 Å². The number of fused-ring (bicyclic) bond motifs is 1. The Kier molecular flexibility index (Phi) is 5.39. The Hall–Kier alpha value is -3.98. The molecule has 0 fully saturated rings. The highest BCUT2D eigenvalue weighted by Crippen LogP contribution is 2.34. The highest BCUT2D eigenvalue weighted by atomic mass is 32.1. The Morgan fingerprint density at radius 3 is 2.58 bits per heavy atom. The second-order valence-corrected chi connectivity index (χ2v) is 8.81. The van der Waals surface area contributed by atoms with Crippen molar-refractivity contribution in [1.82, 2.24) is 19.5 Å². The van der Waals surface area contributed by atoms with Gasteiger partial charge in [0.2, 0.25) is 0 Å². The molecule has 0 bridgehead atoms. The van der Waals surface area contributed by atoms with Crippen LogP contribution in [-0.2, 0) is 13.7 Å². The summed E-state index contributed by atoms with van der Waals surface area (Å²) in [5.74, 6) is 1.29. The molecular formula is C24H20FN5O2S. The second kappa shape index (κ2) is 8.51. The van der Waals surface area contributed by atoms with E-state index in [1.165, 1.54) is 18.5 Å². The Morgan fingerprint density at radius 2 is 1.82 bits per heavy atom. The maximum Gasteiger partial charge on any atom is 0.145 e. The third-order valence-electron chi connectivity index (χ3n) is 5.08. The fraction of sp³-hybridized carbons (Fsp3) is 0.125. The summed E-state index contributed by atoms with van der Waals surface area (Å²) in [4.78, 5) is 13.6. The van der Waals surface area contributed by atoms with E-state index >= 15 is 0 Å². The van der Waals surface area contributed by atoms with Crippen molar-refractivity contribution in [2.45, 2.75) is 13.5 Å². The Bertz CT molecular complexity index is 1450. The van der Waals surface area contributed by atoms with Crippen molar-refractivity contribution < 1.29 is 13.9 Å². The molecule has 5 rings (SSSR count). The summed E-state index contributed by atoms with van der Waals surface area (Å²) in [6, 6.07) is 11.8. The number of hydrogen-bond donors (Lipinski definition) is 1. The maximum absolute atomic E-state index is 14.1. The van der Waals surface area contributed by atoms with Gasteiger partial charge in [0.15, 0.2) is 0 Å². The van der Waals surface area contributed by atoms with Crippen LogP contribution in [0.3, 0.4) is 0 Å². The zero-order valence-corrected chi connectivity index (χ0v) is 18.8. The van der Waals surface area contributed by atoms with Gasteiger partial charge in [0.1, 0.15) is 47.5 Å². The molecule has 0 aliphatic carbocycles. The summed E-state index contributed by atoms with van der Waals surface area (Å²) in [5.41, 5.74) is 8.72. The van der Waals surface area contributed by atoms with Crippen LogP contribution in [0.4, 0.5) is 10.2 Å². The van der Waals surface area contributed by atoms with Crippen LogP contribution in [0.15, 0.2) is 61.2 Å². The monoisotopic (exact) mass is 461 g/mol. The van der Waals surface area contributed by atoms with Crippen molar-refractivity contribution in [3.63, 3.8) is 0 Å². The van der Waals surface area contributed by atoms with Crippen molar-refractivity contribution in [3.05, 3.63) is 76.9 Å². The smallest absolute Gasteiger partial charge is 0.145 e. The predicted octanol–water partition coefficient (Wildman–Crippen LogP) is 5.49. The molecule has 3 heterocycles. The summed E-state index contributed by atoms with van der Waals surface area (Å²) < 4.78 is 27.6. The third kappa shape index (κ3) is 4.35. The summed E-state index contributed by atoms with van der Waals surface area (Å²) >= 11 is 1.54. The number of nitrogens with two attached hydrogens (primary N) is 1. The number of hydrogen-bond acceptors (Lipinski definition) is 7. The molecule has 5 aromatic rings. The Morgan fingerprint density at radius 1 is 1.03 bits per heavy atom. The van der Waals surface area contributed by atoms with Gasteiger partial charge in [-0.2, -0.15) is 0 Å². The van der Waals surface area contributed by atoms with Crippen LogP contribution in [0.1, 0.15) is 9.88 Å². The number of nitrogens with zero attached hydrogens (tertiary/aromatic N) is 4. The highest BCUT2D eigenvalue weighted by Gasteiger charge is 2.13. The van der Waals surface area contributed by atoms with E-state index in [1.807, 2.05) is 49.0 Å². The van der Waals surface area contributed by atoms with Gasteiger partial charge in [-0.25, -0.2) is 19.3 Å². The van der Waals surface area contributed by atoms with Gasteiger partial charge in [0.05, 0.1) is 15.3 Å². The summed E-state index contributed by atoms with van der Waals surface area (Å²) in [5, 5.41) is 1.76. The summed E-state index contributed by atoms with van der Waals surface area (Å²) in [6.07, 6.45) is 5.17. The fourth-order valence-electron chi connectivity index (χ4n) is 3.60. The molecule has 0 atom stereocenters. The average Bonchev–Trinajstić information content (AvgIpc) is 3.36. The van der Waals surface area contributed by atoms with Crippen LogP contribution in [0.2, 0.25) is 0 Å². The lowest BCUT2D eigenvalue weighted by Crippen LogP contribution is -1.95. The number of benzene rings is 2. The molecule has 0 aliphatic rings. The zero-order chi connectivity index (χ0) is 22.9. The highest BCUT2D eigenvalue weighted by molar-refractivity contribution is 7.11. The molecule has 33 heavy (non-hydrogen) atoms. The van der Waals surface area contributed by atoms with Crippen LogP contribution >= 0.6 is 11.3 Å². The van der Waals surface area contributed by atoms with Gasteiger partial charge < -0.3 is 19.8 Å². The van der Waals surface area contributed by atoms with Gasteiger partial charge in [-0.05, 0) is 24.6 Å². The maximum atomic E-state index is 14.1. The van der Waals surface area contributed by atoms with Gasteiger partial charge in [-0.15, -0.1) is 11.3 Å². The fourth-order valence-corrected chi connectivity index (χ4v) is 4.31. The number of halogens is 1. The van der Waals surface area contributed by atoms with Gasteiger partial charge in [0.25, 0.3) is 0 Å². The van der Waals surface area contributed by atoms with E-state index in [9.17, 15) is 4.39 Å². The molecule has 0 saturated heterocycles. The normalized spacial score (nSPS) is 11.1. The number of rotatable bonds is 6. The van der Waals surface area contributed by atoms with Crippen molar-refractivity contribution in [2.75, 3.05) is 5.73 Å². The molecule has 2 aromatic carbocycles. The number of nitrogen functional groups attached to an aromatic ring is 1. The Balaban J connectivity index is 1.35. The first kappa shape index (κ1) is 20.9. The minimum Gasteiger partial charge on any atom is -0.488 e. The van der Waals surface area contributed by atoms with E-state index in [0.717, 1.165) is 32.0 Å². The quantitative estimate of drug-likeness (QED) is 0.360. The molecule has 2 N–H and O–H groups in total. The first-order chi connectivity index (χ1) is 16.0. The first-order valence-corrected chi connectivity index (χ1v) is 11.0. The molecule has 166 valence electrons. The van der Waals surface area contributed by atoms with E-state index < -0.39 is 5.82 Å². The number of aryl methyl sites for hydroxylation is 2. The number of ether oxygens (including phenoxy) is 2. The molecule has 0 amide bonds. The molecule has 0 spiro atoms.